The molecule has 20 heavy (non-hydrogen) atoms. The van der Waals surface area contributed by atoms with Crippen molar-refractivity contribution in [1.82, 2.24) is 4.31 Å². The fourth-order valence-corrected chi connectivity index (χ4v) is 3.63. The molecule has 5 heteroatoms. The maximum absolute atomic E-state index is 12.7. The van der Waals surface area contributed by atoms with Crippen molar-refractivity contribution in [3.63, 3.8) is 0 Å². The zero-order valence-corrected chi connectivity index (χ0v) is 12.9. The van der Waals surface area contributed by atoms with Crippen molar-refractivity contribution in [1.29, 1.82) is 0 Å². The van der Waals surface area contributed by atoms with Gasteiger partial charge in [-0.25, -0.2) is 8.42 Å². The van der Waals surface area contributed by atoms with E-state index in [1.807, 2.05) is 20.8 Å². The van der Waals surface area contributed by atoms with Crippen molar-refractivity contribution in [3.05, 3.63) is 29.8 Å². The molecule has 0 aliphatic heterocycles. The number of benzene rings is 1. The highest BCUT2D eigenvalue weighted by molar-refractivity contribution is 7.89. The van der Waals surface area contributed by atoms with E-state index in [-0.39, 0.29) is 17.4 Å². The molecule has 0 radical (unpaired) electrons. The fraction of sp³-hybridized carbons (Fsp3) is 0.467. The van der Waals surface area contributed by atoms with Gasteiger partial charge in [-0.15, -0.1) is 0 Å². The first-order valence-electron chi connectivity index (χ1n) is 6.62. The first-order chi connectivity index (χ1) is 9.43. The van der Waals surface area contributed by atoms with Gasteiger partial charge in [0.25, 0.3) is 0 Å². The van der Waals surface area contributed by atoms with Crippen LogP contribution in [0.2, 0.25) is 0 Å². The highest BCUT2D eigenvalue weighted by Gasteiger charge is 2.25. The van der Waals surface area contributed by atoms with Crippen LogP contribution < -0.4 is 0 Å². The van der Waals surface area contributed by atoms with E-state index >= 15 is 0 Å². The number of aliphatic hydroxyl groups excluding tert-OH is 1. The van der Waals surface area contributed by atoms with Crippen LogP contribution in [0.15, 0.2) is 29.2 Å². The number of rotatable bonds is 5. The second-order valence-electron chi connectivity index (χ2n) is 4.81. The molecule has 0 aliphatic rings. The van der Waals surface area contributed by atoms with Crippen molar-refractivity contribution in [2.45, 2.75) is 25.7 Å². The van der Waals surface area contributed by atoms with Crippen LogP contribution in [0.1, 0.15) is 26.3 Å². The van der Waals surface area contributed by atoms with Crippen LogP contribution in [0.3, 0.4) is 0 Å². The van der Waals surface area contributed by atoms with Crippen molar-refractivity contribution >= 4 is 10.0 Å². The van der Waals surface area contributed by atoms with Crippen LogP contribution in [0.4, 0.5) is 0 Å². The molecule has 0 aromatic heterocycles. The Morgan fingerprint density at radius 1 is 1.30 bits per heavy atom. The molecule has 1 N–H and O–H groups in total. The van der Waals surface area contributed by atoms with Gasteiger partial charge in [0.15, 0.2) is 0 Å². The van der Waals surface area contributed by atoms with Gasteiger partial charge in [0, 0.05) is 18.7 Å². The second kappa shape index (κ2) is 7.44. The molecular formula is C15H21NO3S. The van der Waals surface area contributed by atoms with Crippen molar-refractivity contribution in [3.8, 4) is 11.8 Å². The van der Waals surface area contributed by atoms with Crippen LogP contribution in [0, 0.1) is 17.8 Å². The standard InChI is InChI=1S/C15H21NO3S/c1-4-16(12-13(2)3)20(18,19)15-10-6-5-8-14(15)9-7-11-17/h5-6,8,10,13,17H,4,11-12H2,1-3H3. The zero-order valence-electron chi connectivity index (χ0n) is 12.1. The lowest BCUT2D eigenvalue weighted by Crippen LogP contribution is -2.34. The van der Waals surface area contributed by atoms with Gasteiger partial charge in [-0.3, -0.25) is 0 Å². The van der Waals surface area contributed by atoms with E-state index in [1.54, 1.807) is 24.3 Å². The van der Waals surface area contributed by atoms with Crippen molar-refractivity contribution in [2.24, 2.45) is 5.92 Å². The predicted molar refractivity (Wildman–Crippen MR) is 79.7 cm³/mol. The third kappa shape index (κ3) is 4.07. The molecule has 0 saturated heterocycles. The summed E-state index contributed by atoms with van der Waals surface area (Å²) in [6.07, 6.45) is 0. The predicted octanol–water partition coefficient (Wildman–Crippen LogP) is 1.70. The summed E-state index contributed by atoms with van der Waals surface area (Å²) in [5.74, 6) is 5.44. The molecule has 0 aliphatic carbocycles. The van der Waals surface area contributed by atoms with Gasteiger partial charge >= 0.3 is 0 Å². The molecule has 1 aromatic rings. The Kier molecular flexibility index (Phi) is 6.21. The third-order valence-electron chi connectivity index (χ3n) is 2.73. The van der Waals surface area contributed by atoms with Gasteiger partial charge in [-0.05, 0) is 18.1 Å². The molecule has 0 atom stereocenters. The van der Waals surface area contributed by atoms with Gasteiger partial charge in [0.2, 0.25) is 10.0 Å². The number of nitrogens with zero attached hydrogens (tertiary/aromatic N) is 1. The van der Waals surface area contributed by atoms with E-state index in [4.69, 9.17) is 5.11 Å². The maximum atomic E-state index is 12.7. The van der Waals surface area contributed by atoms with E-state index in [9.17, 15) is 8.42 Å². The summed E-state index contributed by atoms with van der Waals surface area (Å²) >= 11 is 0. The summed E-state index contributed by atoms with van der Waals surface area (Å²) < 4.78 is 26.8. The average molecular weight is 295 g/mol. The van der Waals surface area contributed by atoms with Crippen LogP contribution in [-0.2, 0) is 10.0 Å². The van der Waals surface area contributed by atoms with E-state index < -0.39 is 10.0 Å². The molecule has 0 bridgehead atoms. The Hall–Kier alpha value is -1.35. The first-order valence-corrected chi connectivity index (χ1v) is 8.06. The smallest absolute Gasteiger partial charge is 0.244 e. The molecule has 0 heterocycles. The molecule has 0 fully saturated rings. The maximum Gasteiger partial charge on any atom is 0.244 e. The van der Waals surface area contributed by atoms with Crippen LogP contribution in [0.5, 0.6) is 0 Å². The van der Waals surface area contributed by atoms with Crippen molar-refractivity contribution in [2.75, 3.05) is 19.7 Å². The summed E-state index contributed by atoms with van der Waals surface area (Å²) in [6.45, 7) is 6.38. The Labute approximate surface area is 121 Å². The molecule has 0 amide bonds. The molecule has 0 spiro atoms. The number of aliphatic hydroxyl groups is 1. The lowest BCUT2D eigenvalue weighted by molar-refractivity contribution is 0.350. The van der Waals surface area contributed by atoms with Crippen LogP contribution in [-0.4, -0.2) is 37.5 Å². The molecular weight excluding hydrogens is 274 g/mol. The van der Waals surface area contributed by atoms with Gasteiger partial charge in [0.1, 0.15) is 6.61 Å². The first kappa shape index (κ1) is 16.7. The largest absolute Gasteiger partial charge is 0.384 e. The molecule has 1 aromatic carbocycles. The second-order valence-corrected chi connectivity index (χ2v) is 6.71. The monoisotopic (exact) mass is 295 g/mol. The zero-order chi connectivity index (χ0) is 15.2. The molecule has 1 rings (SSSR count). The van der Waals surface area contributed by atoms with Crippen LogP contribution >= 0.6 is 0 Å². The average Bonchev–Trinajstić information content (AvgIpc) is 2.42. The number of hydrogen-bond donors (Lipinski definition) is 1. The van der Waals surface area contributed by atoms with E-state index in [2.05, 4.69) is 11.8 Å². The molecule has 0 saturated carbocycles. The van der Waals surface area contributed by atoms with E-state index in [0.717, 1.165) is 0 Å². The Balaban J connectivity index is 3.27. The van der Waals surface area contributed by atoms with Gasteiger partial charge in [-0.2, -0.15) is 4.31 Å². The van der Waals surface area contributed by atoms with Crippen molar-refractivity contribution < 1.29 is 13.5 Å². The number of hydrogen-bond acceptors (Lipinski definition) is 3. The number of sulfonamides is 1. The normalized spacial score (nSPS) is 11.5. The summed E-state index contributed by atoms with van der Waals surface area (Å²) in [5.41, 5.74) is 0.420. The Morgan fingerprint density at radius 2 is 1.95 bits per heavy atom. The molecule has 4 nitrogen and oxygen atoms in total. The fourth-order valence-electron chi connectivity index (χ4n) is 1.87. The minimum absolute atomic E-state index is 0.198. The SMILES string of the molecule is CCN(CC(C)C)S(=O)(=O)c1ccccc1C#CCO. The summed E-state index contributed by atoms with van der Waals surface area (Å²) in [5, 5.41) is 8.76. The topological polar surface area (TPSA) is 57.6 Å². The van der Waals surface area contributed by atoms with E-state index in [0.29, 0.717) is 18.7 Å². The minimum Gasteiger partial charge on any atom is -0.384 e. The lowest BCUT2D eigenvalue weighted by atomic mass is 10.2. The lowest BCUT2D eigenvalue weighted by Gasteiger charge is -2.23. The van der Waals surface area contributed by atoms with Crippen LogP contribution in [0.25, 0.3) is 0 Å². The summed E-state index contributed by atoms with van der Waals surface area (Å²) in [7, 11) is -3.56. The minimum atomic E-state index is -3.56. The summed E-state index contributed by atoms with van der Waals surface area (Å²) in [6, 6.07) is 6.62. The molecule has 0 unspecified atom stereocenters. The van der Waals surface area contributed by atoms with Gasteiger partial charge in [-0.1, -0.05) is 44.7 Å². The highest BCUT2D eigenvalue weighted by Crippen LogP contribution is 2.20. The quantitative estimate of drug-likeness (QED) is 0.841. The Morgan fingerprint density at radius 3 is 2.50 bits per heavy atom. The van der Waals surface area contributed by atoms with Gasteiger partial charge in [0.05, 0.1) is 4.90 Å². The summed E-state index contributed by atoms with van der Waals surface area (Å²) in [4.78, 5) is 0.198. The Bertz CT molecular complexity index is 597. The van der Waals surface area contributed by atoms with Gasteiger partial charge < -0.3 is 5.11 Å². The third-order valence-corrected chi connectivity index (χ3v) is 4.73. The molecule has 110 valence electrons. The van der Waals surface area contributed by atoms with E-state index in [1.165, 1.54) is 4.31 Å². The highest BCUT2D eigenvalue weighted by atomic mass is 32.2.